The molecule has 1 aliphatic heterocycles. The van der Waals surface area contributed by atoms with Crippen LogP contribution in [0.15, 0.2) is 48.5 Å². The van der Waals surface area contributed by atoms with Crippen molar-refractivity contribution in [2.45, 2.75) is 39.3 Å². The van der Waals surface area contributed by atoms with Gasteiger partial charge in [0, 0.05) is 18.7 Å². The highest BCUT2D eigenvalue weighted by Gasteiger charge is 2.13. The average Bonchev–Trinajstić information content (AvgIpc) is 2.62. The van der Waals surface area contributed by atoms with Gasteiger partial charge in [0.1, 0.15) is 0 Å². The van der Waals surface area contributed by atoms with Crippen LogP contribution in [0.5, 0.6) is 0 Å². The van der Waals surface area contributed by atoms with Crippen molar-refractivity contribution in [3.8, 4) is 0 Å². The molecule has 0 aromatic heterocycles. The molecule has 1 N–H and O–H groups in total. The summed E-state index contributed by atoms with van der Waals surface area (Å²) in [6.45, 7) is 5.90. The number of rotatable bonds is 5. The van der Waals surface area contributed by atoms with Gasteiger partial charge in [0.15, 0.2) is 0 Å². The van der Waals surface area contributed by atoms with Gasteiger partial charge in [-0.05, 0) is 55.6 Å². The maximum Gasteiger partial charge on any atom is 0.251 e. The Morgan fingerprint density at radius 1 is 0.958 bits per heavy atom. The van der Waals surface area contributed by atoms with Crippen LogP contribution >= 0.6 is 0 Å². The van der Waals surface area contributed by atoms with E-state index in [1.165, 1.54) is 43.5 Å². The van der Waals surface area contributed by atoms with Crippen molar-refractivity contribution < 1.29 is 4.79 Å². The number of hydrogen-bond acceptors (Lipinski definition) is 2. The number of aryl methyl sites for hydroxylation is 1. The SMILES string of the molecule is Cc1ccccc1C(=O)NCc1ccccc1CN1CCCCC1. The third-order valence-corrected chi connectivity index (χ3v) is 4.79. The van der Waals surface area contributed by atoms with Crippen molar-refractivity contribution >= 4 is 5.91 Å². The summed E-state index contributed by atoms with van der Waals surface area (Å²) < 4.78 is 0. The summed E-state index contributed by atoms with van der Waals surface area (Å²) >= 11 is 0. The lowest BCUT2D eigenvalue weighted by Crippen LogP contribution is -2.30. The molecule has 126 valence electrons. The van der Waals surface area contributed by atoms with Gasteiger partial charge in [0.05, 0.1) is 0 Å². The Balaban J connectivity index is 1.64. The number of nitrogens with zero attached hydrogens (tertiary/aromatic N) is 1. The molecule has 0 radical (unpaired) electrons. The van der Waals surface area contributed by atoms with Crippen LogP contribution in [0, 0.1) is 6.92 Å². The third kappa shape index (κ3) is 4.24. The van der Waals surface area contributed by atoms with E-state index in [1.807, 2.05) is 31.2 Å². The fourth-order valence-corrected chi connectivity index (χ4v) is 3.34. The molecule has 1 fully saturated rings. The molecule has 0 aliphatic carbocycles. The van der Waals surface area contributed by atoms with E-state index in [0.29, 0.717) is 6.54 Å². The van der Waals surface area contributed by atoms with Crippen molar-refractivity contribution in [3.63, 3.8) is 0 Å². The molecule has 24 heavy (non-hydrogen) atoms. The van der Waals surface area contributed by atoms with E-state index in [4.69, 9.17) is 0 Å². The molecule has 0 unspecified atom stereocenters. The van der Waals surface area contributed by atoms with E-state index in [0.717, 1.165) is 17.7 Å². The van der Waals surface area contributed by atoms with E-state index in [2.05, 4.69) is 34.5 Å². The van der Waals surface area contributed by atoms with Crippen molar-refractivity contribution in [1.82, 2.24) is 10.2 Å². The second-order valence-electron chi connectivity index (χ2n) is 6.60. The monoisotopic (exact) mass is 322 g/mol. The molecule has 1 aliphatic rings. The van der Waals surface area contributed by atoms with Crippen LogP contribution in [-0.4, -0.2) is 23.9 Å². The maximum absolute atomic E-state index is 12.4. The summed E-state index contributed by atoms with van der Waals surface area (Å²) in [5, 5.41) is 3.08. The molecule has 2 aromatic rings. The molecule has 2 aromatic carbocycles. The number of carbonyl (C=O) groups excluding carboxylic acids is 1. The van der Waals surface area contributed by atoms with E-state index < -0.39 is 0 Å². The molecular weight excluding hydrogens is 296 g/mol. The number of nitrogens with one attached hydrogen (secondary N) is 1. The smallest absolute Gasteiger partial charge is 0.251 e. The van der Waals surface area contributed by atoms with Crippen LogP contribution < -0.4 is 5.32 Å². The van der Waals surface area contributed by atoms with Crippen LogP contribution in [0.3, 0.4) is 0 Å². The topological polar surface area (TPSA) is 32.3 Å². The van der Waals surface area contributed by atoms with Gasteiger partial charge in [-0.1, -0.05) is 48.9 Å². The fourth-order valence-electron chi connectivity index (χ4n) is 3.34. The van der Waals surface area contributed by atoms with Crippen molar-refractivity contribution in [3.05, 3.63) is 70.8 Å². The number of amides is 1. The highest BCUT2D eigenvalue weighted by Crippen LogP contribution is 2.16. The minimum atomic E-state index is 0.000811. The quantitative estimate of drug-likeness (QED) is 0.905. The third-order valence-electron chi connectivity index (χ3n) is 4.79. The summed E-state index contributed by atoms with van der Waals surface area (Å²) in [4.78, 5) is 14.9. The summed E-state index contributed by atoms with van der Waals surface area (Å²) in [6.07, 6.45) is 3.95. The lowest BCUT2D eigenvalue weighted by Gasteiger charge is -2.27. The predicted molar refractivity (Wildman–Crippen MR) is 97.9 cm³/mol. The van der Waals surface area contributed by atoms with Crippen LogP contribution in [0.4, 0.5) is 0 Å². The number of likely N-dealkylation sites (tertiary alicyclic amines) is 1. The average molecular weight is 322 g/mol. The first-order chi connectivity index (χ1) is 11.7. The second-order valence-corrected chi connectivity index (χ2v) is 6.60. The minimum Gasteiger partial charge on any atom is -0.348 e. The Kier molecular flexibility index (Phi) is 5.65. The summed E-state index contributed by atoms with van der Waals surface area (Å²) in [5.74, 6) is 0.000811. The van der Waals surface area contributed by atoms with Gasteiger partial charge >= 0.3 is 0 Å². The summed E-state index contributed by atoms with van der Waals surface area (Å²) in [5.41, 5.74) is 4.30. The Morgan fingerprint density at radius 3 is 2.38 bits per heavy atom. The molecule has 0 spiro atoms. The Morgan fingerprint density at radius 2 is 1.62 bits per heavy atom. The zero-order valence-electron chi connectivity index (χ0n) is 14.4. The molecule has 0 bridgehead atoms. The van der Waals surface area contributed by atoms with Crippen LogP contribution in [0.1, 0.15) is 46.3 Å². The Bertz CT molecular complexity index is 690. The fraction of sp³-hybridized carbons (Fsp3) is 0.381. The van der Waals surface area contributed by atoms with Gasteiger partial charge in [-0.2, -0.15) is 0 Å². The number of hydrogen-bond donors (Lipinski definition) is 1. The first-order valence-electron chi connectivity index (χ1n) is 8.87. The second kappa shape index (κ2) is 8.11. The molecule has 3 nitrogen and oxygen atoms in total. The highest BCUT2D eigenvalue weighted by molar-refractivity contribution is 5.95. The largest absolute Gasteiger partial charge is 0.348 e. The van der Waals surface area contributed by atoms with Gasteiger partial charge in [0.2, 0.25) is 0 Å². The van der Waals surface area contributed by atoms with Gasteiger partial charge in [0.25, 0.3) is 5.91 Å². The van der Waals surface area contributed by atoms with Crippen molar-refractivity contribution in [2.75, 3.05) is 13.1 Å². The standard InChI is InChI=1S/C21H26N2O/c1-17-9-3-6-12-20(17)21(24)22-15-18-10-4-5-11-19(18)16-23-13-7-2-8-14-23/h3-6,9-12H,2,7-8,13-16H2,1H3,(H,22,24). The van der Waals surface area contributed by atoms with Gasteiger partial charge < -0.3 is 5.32 Å². The molecular formula is C21H26N2O. The minimum absolute atomic E-state index is 0.000811. The van der Waals surface area contributed by atoms with Crippen LogP contribution in [0.25, 0.3) is 0 Å². The zero-order valence-corrected chi connectivity index (χ0v) is 14.4. The van der Waals surface area contributed by atoms with Crippen molar-refractivity contribution in [1.29, 1.82) is 0 Å². The molecule has 1 amide bonds. The molecule has 3 heteroatoms. The van der Waals surface area contributed by atoms with Crippen LogP contribution in [-0.2, 0) is 13.1 Å². The molecule has 1 heterocycles. The number of benzene rings is 2. The molecule has 0 saturated carbocycles. The first-order valence-corrected chi connectivity index (χ1v) is 8.87. The summed E-state index contributed by atoms with van der Waals surface area (Å²) in [7, 11) is 0. The van der Waals surface area contributed by atoms with E-state index in [9.17, 15) is 4.79 Å². The predicted octanol–water partition coefficient (Wildman–Crippen LogP) is 3.91. The van der Waals surface area contributed by atoms with E-state index in [-0.39, 0.29) is 5.91 Å². The Hall–Kier alpha value is -2.13. The Labute approximate surface area is 144 Å². The lowest BCUT2D eigenvalue weighted by atomic mass is 10.0. The lowest BCUT2D eigenvalue weighted by molar-refractivity contribution is 0.0950. The molecule has 1 saturated heterocycles. The van der Waals surface area contributed by atoms with Gasteiger partial charge in [-0.15, -0.1) is 0 Å². The van der Waals surface area contributed by atoms with Crippen LogP contribution in [0.2, 0.25) is 0 Å². The van der Waals surface area contributed by atoms with Gasteiger partial charge in [-0.3, -0.25) is 9.69 Å². The van der Waals surface area contributed by atoms with E-state index >= 15 is 0 Å². The number of carbonyl (C=O) groups is 1. The molecule has 3 rings (SSSR count). The normalized spacial score (nSPS) is 15.2. The summed E-state index contributed by atoms with van der Waals surface area (Å²) in [6, 6.07) is 16.2. The zero-order chi connectivity index (χ0) is 16.8. The first kappa shape index (κ1) is 16.7. The number of piperidine rings is 1. The van der Waals surface area contributed by atoms with E-state index in [1.54, 1.807) is 0 Å². The molecule has 0 atom stereocenters. The van der Waals surface area contributed by atoms with Gasteiger partial charge in [-0.25, -0.2) is 0 Å². The van der Waals surface area contributed by atoms with Crippen molar-refractivity contribution in [2.24, 2.45) is 0 Å². The highest BCUT2D eigenvalue weighted by atomic mass is 16.1. The maximum atomic E-state index is 12.4.